The Hall–Kier alpha value is -3.04. The van der Waals surface area contributed by atoms with Crippen LogP contribution in [0, 0.1) is 5.92 Å². The standard InChI is InChI=1S/C39H50N2O/c1-12-40-32-20-34-29(18-27(32)24(3)22-38(40,8)9)36(26-16-14-15-17-31(26)37(5,6)7)30-19-28-25(4)23-39(10,11)41(13-2)33(28)21-35(30)42-34/h14-23,29,32,36H,12-13H2,1-11H3/p+1. The normalized spacial score (nSPS) is 27.3. The van der Waals surface area contributed by atoms with Crippen LogP contribution in [-0.4, -0.2) is 30.2 Å². The van der Waals surface area contributed by atoms with Gasteiger partial charge in [-0.05, 0) is 95.2 Å². The van der Waals surface area contributed by atoms with E-state index in [1.54, 1.807) is 4.90 Å². The summed E-state index contributed by atoms with van der Waals surface area (Å²) >= 11 is 0. The zero-order valence-corrected chi connectivity index (χ0v) is 27.8. The van der Waals surface area contributed by atoms with Crippen LogP contribution in [-0.2, 0) is 5.41 Å². The molecule has 4 atom stereocenters. The fourth-order valence-corrected chi connectivity index (χ4v) is 8.73. The van der Waals surface area contributed by atoms with Crippen LogP contribution >= 0.6 is 0 Å². The number of likely N-dealkylation sites (N-methyl/N-ethyl adjacent to an activating group) is 2. The lowest BCUT2D eigenvalue weighted by Crippen LogP contribution is -3.22. The van der Waals surface area contributed by atoms with Crippen LogP contribution in [0.3, 0.4) is 0 Å². The molecular formula is C39H51N2O+. The van der Waals surface area contributed by atoms with Crippen molar-refractivity contribution >= 4 is 11.3 Å². The van der Waals surface area contributed by atoms with E-state index in [4.69, 9.17) is 4.74 Å². The highest BCUT2D eigenvalue weighted by molar-refractivity contribution is 5.83. The number of anilines is 1. The van der Waals surface area contributed by atoms with Crippen molar-refractivity contribution in [1.82, 2.24) is 0 Å². The first kappa shape index (κ1) is 29.1. The summed E-state index contributed by atoms with van der Waals surface area (Å²) in [5, 5.41) is 0. The zero-order chi connectivity index (χ0) is 30.4. The van der Waals surface area contributed by atoms with Crippen molar-refractivity contribution in [1.29, 1.82) is 0 Å². The molecule has 0 saturated heterocycles. The molecule has 0 amide bonds. The van der Waals surface area contributed by atoms with Gasteiger partial charge in [-0.15, -0.1) is 0 Å². The monoisotopic (exact) mass is 563 g/mol. The molecule has 42 heavy (non-hydrogen) atoms. The third kappa shape index (κ3) is 4.42. The van der Waals surface area contributed by atoms with Gasteiger partial charge in [0.25, 0.3) is 0 Å². The minimum atomic E-state index is -0.0419. The van der Waals surface area contributed by atoms with Gasteiger partial charge in [-0.2, -0.15) is 0 Å². The molecule has 4 unspecified atom stereocenters. The summed E-state index contributed by atoms with van der Waals surface area (Å²) < 4.78 is 7.06. The van der Waals surface area contributed by atoms with E-state index in [2.05, 4.69) is 142 Å². The number of fused-ring (bicyclic) bond motifs is 4. The number of hydrogen-bond acceptors (Lipinski definition) is 2. The molecule has 0 saturated carbocycles. The van der Waals surface area contributed by atoms with Gasteiger partial charge in [0, 0.05) is 52.9 Å². The molecule has 2 aromatic rings. The molecule has 2 aromatic carbocycles. The van der Waals surface area contributed by atoms with E-state index in [9.17, 15) is 0 Å². The van der Waals surface area contributed by atoms with Crippen molar-refractivity contribution in [3.8, 4) is 5.75 Å². The smallest absolute Gasteiger partial charge is 0.136 e. The molecule has 222 valence electrons. The van der Waals surface area contributed by atoms with Crippen molar-refractivity contribution in [3.05, 3.63) is 99.9 Å². The molecule has 3 heterocycles. The Kier molecular flexibility index (Phi) is 6.74. The molecule has 0 radical (unpaired) electrons. The first-order valence-corrected chi connectivity index (χ1v) is 16.1. The number of ether oxygens (including phenoxy) is 1. The molecule has 3 aliphatic heterocycles. The Morgan fingerprint density at radius 2 is 1.62 bits per heavy atom. The van der Waals surface area contributed by atoms with Gasteiger partial charge >= 0.3 is 0 Å². The Morgan fingerprint density at radius 3 is 2.29 bits per heavy atom. The van der Waals surface area contributed by atoms with Crippen molar-refractivity contribution in [3.63, 3.8) is 0 Å². The fourth-order valence-electron chi connectivity index (χ4n) is 8.73. The summed E-state index contributed by atoms with van der Waals surface area (Å²) in [5.74, 6) is 2.47. The lowest BCUT2D eigenvalue weighted by atomic mass is 9.68. The highest BCUT2D eigenvalue weighted by atomic mass is 16.5. The number of rotatable bonds is 3. The van der Waals surface area contributed by atoms with Gasteiger partial charge in [-0.1, -0.05) is 57.2 Å². The van der Waals surface area contributed by atoms with Gasteiger partial charge in [0.1, 0.15) is 23.1 Å². The van der Waals surface area contributed by atoms with Gasteiger partial charge in [0.05, 0.1) is 12.1 Å². The van der Waals surface area contributed by atoms with E-state index in [0.29, 0.717) is 6.04 Å². The maximum absolute atomic E-state index is 7.06. The minimum absolute atomic E-state index is 0.0319. The number of hydrogen-bond donors (Lipinski definition) is 1. The molecule has 3 nitrogen and oxygen atoms in total. The maximum Gasteiger partial charge on any atom is 0.136 e. The summed E-state index contributed by atoms with van der Waals surface area (Å²) in [6.07, 6.45) is 9.99. The van der Waals surface area contributed by atoms with Gasteiger partial charge in [0.15, 0.2) is 0 Å². The van der Waals surface area contributed by atoms with Crippen molar-refractivity contribution < 1.29 is 9.64 Å². The van der Waals surface area contributed by atoms with E-state index in [-0.39, 0.29) is 28.3 Å². The van der Waals surface area contributed by atoms with Gasteiger partial charge in [-0.25, -0.2) is 0 Å². The predicted molar refractivity (Wildman–Crippen MR) is 178 cm³/mol. The number of nitrogens with zero attached hydrogens (tertiary/aromatic N) is 1. The van der Waals surface area contributed by atoms with E-state index in [1.165, 1.54) is 44.7 Å². The Morgan fingerprint density at radius 1 is 0.905 bits per heavy atom. The SMILES string of the molecule is CCN1c2cc3c(cc2C(C)=CC1(C)C)C(c1ccccc1C(C)(C)C)C1C=C2C(C)=CC(C)(C)[NH+](CC)C2C=C1O3. The second kappa shape index (κ2) is 9.74. The van der Waals surface area contributed by atoms with E-state index in [0.717, 1.165) is 24.6 Å². The van der Waals surface area contributed by atoms with Crippen molar-refractivity contribution in [2.24, 2.45) is 5.92 Å². The Labute approximate surface area is 254 Å². The summed E-state index contributed by atoms with van der Waals surface area (Å²) in [6, 6.07) is 14.3. The third-order valence-electron chi connectivity index (χ3n) is 10.4. The van der Waals surface area contributed by atoms with Crippen LogP contribution in [0.2, 0.25) is 0 Å². The van der Waals surface area contributed by atoms with E-state index >= 15 is 0 Å². The van der Waals surface area contributed by atoms with Crippen LogP contribution in [0.25, 0.3) is 5.57 Å². The van der Waals surface area contributed by atoms with Gasteiger partial charge in [0.2, 0.25) is 0 Å². The summed E-state index contributed by atoms with van der Waals surface area (Å²) in [5.41, 5.74) is 11.1. The topological polar surface area (TPSA) is 16.9 Å². The maximum atomic E-state index is 7.06. The molecule has 3 heteroatoms. The second-order valence-corrected chi connectivity index (χ2v) is 15.2. The lowest BCUT2D eigenvalue weighted by Gasteiger charge is -2.47. The largest absolute Gasteiger partial charge is 0.461 e. The van der Waals surface area contributed by atoms with Crippen LogP contribution in [0.5, 0.6) is 5.75 Å². The van der Waals surface area contributed by atoms with Crippen LogP contribution < -0.4 is 14.5 Å². The quantitative estimate of drug-likeness (QED) is 0.408. The summed E-state index contributed by atoms with van der Waals surface area (Å²) in [4.78, 5) is 4.11. The highest BCUT2D eigenvalue weighted by Crippen LogP contribution is 2.54. The molecule has 0 bridgehead atoms. The first-order valence-electron chi connectivity index (χ1n) is 16.1. The summed E-state index contributed by atoms with van der Waals surface area (Å²) in [7, 11) is 0. The second-order valence-electron chi connectivity index (χ2n) is 15.2. The molecule has 0 spiro atoms. The van der Waals surface area contributed by atoms with Crippen molar-refractivity contribution in [2.45, 2.75) is 105 Å². The van der Waals surface area contributed by atoms with Crippen LogP contribution in [0.4, 0.5) is 5.69 Å². The first-order chi connectivity index (χ1) is 19.7. The Balaban J connectivity index is 1.62. The molecule has 4 aliphatic rings. The average molecular weight is 564 g/mol. The molecule has 6 rings (SSSR count). The molecule has 0 fully saturated rings. The molecule has 1 N–H and O–H groups in total. The van der Waals surface area contributed by atoms with Crippen LogP contribution in [0.1, 0.15) is 104 Å². The highest BCUT2D eigenvalue weighted by Gasteiger charge is 2.47. The third-order valence-corrected chi connectivity index (χ3v) is 10.4. The zero-order valence-electron chi connectivity index (χ0n) is 27.8. The summed E-state index contributed by atoms with van der Waals surface area (Å²) in [6.45, 7) is 27.6. The van der Waals surface area contributed by atoms with Gasteiger partial charge in [-0.3, -0.25) is 0 Å². The number of quaternary nitrogens is 1. The lowest BCUT2D eigenvalue weighted by molar-refractivity contribution is -0.953. The molecule has 1 aliphatic carbocycles. The predicted octanol–water partition coefficient (Wildman–Crippen LogP) is 7.98. The number of nitrogens with one attached hydrogen (secondary N) is 1. The molecular weight excluding hydrogens is 512 g/mol. The average Bonchev–Trinajstić information content (AvgIpc) is 2.89. The van der Waals surface area contributed by atoms with Crippen molar-refractivity contribution in [2.75, 3.05) is 18.0 Å². The number of benzene rings is 2. The van der Waals surface area contributed by atoms with E-state index < -0.39 is 0 Å². The minimum Gasteiger partial charge on any atom is -0.461 e. The molecule has 0 aromatic heterocycles. The Bertz CT molecular complexity index is 1560. The van der Waals surface area contributed by atoms with Gasteiger partial charge < -0.3 is 14.5 Å². The number of allylic oxidation sites excluding steroid dienone is 2. The fraction of sp³-hybridized carbons (Fsp3) is 0.487. The van der Waals surface area contributed by atoms with E-state index in [1.807, 2.05) is 0 Å². The van der Waals surface area contributed by atoms with Crippen LogP contribution in [0.15, 0.2) is 77.6 Å².